The number of pyridine rings is 1. The first-order valence-corrected chi connectivity index (χ1v) is 7.13. The number of esters is 1. The number of hydrogen-bond donors (Lipinski definition) is 0. The largest absolute Gasteiger partial charge is 0.475 e. The number of carbonyl (C=O) groups is 1. The van der Waals surface area contributed by atoms with Crippen molar-refractivity contribution in [3.63, 3.8) is 0 Å². The van der Waals surface area contributed by atoms with E-state index in [-0.39, 0.29) is 5.97 Å². The van der Waals surface area contributed by atoms with Crippen molar-refractivity contribution in [1.82, 2.24) is 4.98 Å². The number of rotatable bonds is 4. The number of nitrogens with zero attached hydrogens (tertiary/aromatic N) is 1. The highest BCUT2D eigenvalue weighted by Gasteiger charge is 2.32. The van der Waals surface area contributed by atoms with E-state index >= 15 is 0 Å². The summed E-state index contributed by atoms with van der Waals surface area (Å²) in [5.74, 6) is 0.212. The number of carbonyl (C=O) groups excluding carboxylic acids is 1. The van der Waals surface area contributed by atoms with Crippen LogP contribution < -0.4 is 4.74 Å². The molecule has 0 fully saturated rings. The molecular formula is C15H16BrNO3. The first-order valence-electron chi connectivity index (χ1n) is 6.34. The third-order valence-corrected chi connectivity index (χ3v) is 3.67. The van der Waals surface area contributed by atoms with Crippen LogP contribution in [0.5, 0.6) is 5.75 Å². The quantitative estimate of drug-likeness (QED) is 0.798. The Kier molecular flexibility index (Phi) is 4.28. The second kappa shape index (κ2) is 5.79. The summed E-state index contributed by atoms with van der Waals surface area (Å²) in [6.45, 7) is 5.48. The highest BCUT2D eigenvalue weighted by atomic mass is 79.9. The Bertz CT molecular complexity index is 640. The van der Waals surface area contributed by atoms with Gasteiger partial charge < -0.3 is 9.47 Å². The average molecular weight is 338 g/mol. The zero-order valence-electron chi connectivity index (χ0n) is 11.6. The Morgan fingerprint density at radius 1 is 1.35 bits per heavy atom. The van der Waals surface area contributed by atoms with E-state index in [1.807, 2.05) is 18.2 Å². The van der Waals surface area contributed by atoms with Gasteiger partial charge in [0.1, 0.15) is 5.75 Å². The molecule has 0 aliphatic heterocycles. The first-order chi connectivity index (χ1) is 9.45. The lowest BCUT2D eigenvalue weighted by molar-refractivity contribution is -0.158. The summed E-state index contributed by atoms with van der Waals surface area (Å²) in [4.78, 5) is 15.9. The van der Waals surface area contributed by atoms with Crippen LogP contribution in [-0.4, -0.2) is 23.2 Å². The molecule has 20 heavy (non-hydrogen) atoms. The summed E-state index contributed by atoms with van der Waals surface area (Å²) in [6, 6.07) is 5.61. The summed E-state index contributed by atoms with van der Waals surface area (Å²) in [7, 11) is 0. The maximum Gasteiger partial charge on any atom is 0.349 e. The molecule has 0 bridgehead atoms. The van der Waals surface area contributed by atoms with Gasteiger partial charge in [0.25, 0.3) is 0 Å². The van der Waals surface area contributed by atoms with Crippen LogP contribution in [0.25, 0.3) is 10.8 Å². The third-order valence-electron chi connectivity index (χ3n) is 2.85. The number of ether oxygens (including phenoxy) is 2. The summed E-state index contributed by atoms with van der Waals surface area (Å²) < 4.78 is 11.6. The standard InChI is InChI=1S/C15H16BrNO3/c1-4-19-14(18)15(2,3)20-12-6-5-10-9-17-8-7-11(10)13(12)16/h5-9H,4H2,1-3H3. The molecule has 0 atom stereocenters. The fourth-order valence-electron chi connectivity index (χ4n) is 1.81. The van der Waals surface area contributed by atoms with E-state index in [0.717, 1.165) is 15.2 Å². The van der Waals surface area contributed by atoms with E-state index in [1.165, 1.54) is 0 Å². The maximum absolute atomic E-state index is 11.9. The Balaban J connectivity index is 2.34. The van der Waals surface area contributed by atoms with E-state index in [2.05, 4.69) is 20.9 Å². The fourth-order valence-corrected chi connectivity index (χ4v) is 2.39. The molecule has 0 spiro atoms. The smallest absolute Gasteiger partial charge is 0.349 e. The molecule has 0 aliphatic rings. The molecule has 0 unspecified atom stereocenters. The van der Waals surface area contributed by atoms with Gasteiger partial charge in [-0.3, -0.25) is 4.98 Å². The molecule has 5 heteroatoms. The normalized spacial score (nSPS) is 11.4. The number of hydrogen-bond acceptors (Lipinski definition) is 4. The Labute approximate surface area is 126 Å². The molecule has 0 saturated heterocycles. The van der Waals surface area contributed by atoms with Crippen LogP contribution in [0, 0.1) is 0 Å². The van der Waals surface area contributed by atoms with Crippen molar-refractivity contribution in [3.05, 3.63) is 35.1 Å². The van der Waals surface area contributed by atoms with Crippen LogP contribution in [-0.2, 0) is 9.53 Å². The van der Waals surface area contributed by atoms with E-state index in [9.17, 15) is 4.79 Å². The van der Waals surface area contributed by atoms with Gasteiger partial charge in [0.2, 0.25) is 0 Å². The summed E-state index contributed by atoms with van der Waals surface area (Å²) in [5.41, 5.74) is -1.04. The minimum atomic E-state index is -1.04. The third kappa shape index (κ3) is 2.93. The molecule has 0 amide bonds. The van der Waals surface area contributed by atoms with Crippen molar-refractivity contribution in [1.29, 1.82) is 0 Å². The highest BCUT2D eigenvalue weighted by Crippen LogP contribution is 2.34. The van der Waals surface area contributed by atoms with Gasteiger partial charge in [-0.05, 0) is 54.9 Å². The first kappa shape index (κ1) is 14.8. The number of aromatic nitrogens is 1. The molecule has 0 radical (unpaired) electrons. The van der Waals surface area contributed by atoms with Crippen LogP contribution in [0.3, 0.4) is 0 Å². The van der Waals surface area contributed by atoms with E-state index in [1.54, 1.807) is 33.2 Å². The Hall–Kier alpha value is -1.62. The minimum Gasteiger partial charge on any atom is -0.475 e. The predicted molar refractivity (Wildman–Crippen MR) is 80.8 cm³/mol. The molecular weight excluding hydrogens is 322 g/mol. The zero-order chi connectivity index (χ0) is 14.8. The second-order valence-electron chi connectivity index (χ2n) is 4.81. The van der Waals surface area contributed by atoms with Crippen LogP contribution in [0.2, 0.25) is 0 Å². The molecule has 2 rings (SSSR count). The molecule has 0 N–H and O–H groups in total. The van der Waals surface area contributed by atoms with E-state index in [4.69, 9.17) is 9.47 Å². The number of halogens is 1. The minimum absolute atomic E-state index is 0.330. The van der Waals surface area contributed by atoms with Crippen LogP contribution >= 0.6 is 15.9 Å². The zero-order valence-corrected chi connectivity index (χ0v) is 13.2. The molecule has 1 aromatic carbocycles. The second-order valence-corrected chi connectivity index (χ2v) is 5.60. The van der Waals surface area contributed by atoms with Gasteiger partial charge in [-0.15, -0.1) is 0 Å². The van der Waals surface area contributed by atoms with Gasteiger partial charge in [0.05, 0.1) is 11.1 Å². The lowest BCUT2D eigenvalue weighted by Gasteiger charge is -2.25. The molecule has 2 aromatic rings. The summed E-state index contributed by atoms with van der Waals surface area (Å²) in [5, 5.41) is 1.98. The van der Waals surface area contributed by atoms with Gasteiger partial charge in [-0.2, -0.15) is 0 Å². The van der Waals surface area contributed by atoms with E-state index < -0.39 is 5.60 Å². The average Bonchev–Trinajstić information content (AvgIpc) is 2.42. The molecule has 1 aromatic heterocycles. The van der Waals surface area contributed by atoms with Crippen molar-refractivity contribution in [2.75, 3.05) is 6.61 Å². The lowest BCUT2D eigenvalue weighted by Crippen LogP contribution is -2.39. The highest BCUT2D eigenvalue weighted by molar-refractivity contribution is 9.10. The van der Waals surface area contributed by atoms with Crippen LogP contribution in [0.1, 0.15) is 20.8 Å². The molecule has 0 aliphatic carbocycles. The molecule has 106 valence electrons. The van der Waals surface area contributed by atoms with Gasteiger partial charge in [0.15, 0.2) is 5.60 Å². The topological polar surface area (TPSA) is 48.4 Å². The van der Waals surface area contributed by atoms with Gasteiger partial charge in [0, 0.05) is 23.2 Å². The monoisotopic (exact) mass is 337 g/mol. The molecule has 4 nitrogen and oxygen atoms in total. The van der Waals surface area contributed by atoms with Gasteiger partial charge in [-0.25, -0.2) is 4.79 Å². The lowest BCUT2D eigenvalue weighted by atomic mass is 10.1. The summed E-state index contributed by atoms with van der Waals surface area (Å²) in [6.07, 6.45) is 3.49. The SMILES string of the molecule is CCOC(=O)C(C)(C)Oc1ccc2cnccc2c1Br. The number of fused-ring (bicyclic) bond motifs is 1. The van der Waals surface area contributed by atoms with Crippen molar-refractivity contribution < 1.29 is 14.3 Å². The van der Waals surface area contributed by atoms with Crippen molar-refractivity contribution in [3.8, 4) is 5.75 Å². The van der Waals surface area contributed by atoms with E-state index in [0.29, 0.717) is 12.4 Å². The molecule has 0 saturated carbocycles. The van der Waals surface area contributed by atoms with Crippen LogP contribution in [0.4, 0.5) is 0 Å². The Morgan fingerprint density at radius 3 is 2.80 bits per heavy atom. The maximum atomic E-state index is 11.9. The van der Waals surface area contributed by atoms with Crippen molar-refractivity contribution in [2.45, 2.75) is 26.4 Å². The van der Waals surface area contributed by atoms with Crippen molar-refractivity contribution in [2.24, 2.45) is 0 Å². The Morgan fingerprint density at radius 2 is 2.10 bits per heavy atom. The number of benzene rings is 1. The molecule has 1 heterocycles. The van der Waals surface area contributed by atoms with Gasteiger partial charge >= 0.3 is 5.97 Å². The van der Waals surface area contributed by atoms with Gasteiger partial charge in [-0.1, -0.05) is 0 Å². The fraction of sp³-hybridized carbons (Fsp3) is 0.333. The summed E-state index contributed by atoms with van der Waals surface area (Å²) >= 11 is 3.52. The van der Waals surface area contributed by atoms with Crippen LogP contribution in [0.15, 0.2) is 35.1 Å². The predicted octanol–water partition coefficient (Wildman–Crippen LogP) is 3.72. The van der Waals surface area contributed by atoms with Crippen molar-refractivity contribution >= 4 is 32.7 Å².